The van der Waals surface area contributed by atoms with Gasteiger partial charge in [-0.15, -0.1) is 0 Å². The Kier molecular flexibility index (Phi) is 7.62. The summed E-state index contributed by atoms with van der Waals surface area (Å²) in [4.78, 5) is 50.8. The summed E-state index contributed by atoms with van der Waals surface area (Å²) >= 11 is 0. The number of hydrogen-bond donors (Lipinski definition) is 1. The first-order valence-corrected chi connectivity index (χ1v) is 10.4. The van der Waals surface area contributed by atoms with Crippen molar-refractivity contribution in [2.24, 2.45) is 0 Å². The first-order chi connectivity index (χ1) is 16.6. The van der Waals surface area contributed by atoms with E-state index in [0.717, 1.165) is 0 Å². The van der Waals surface area contributed by atoms with E-state index in [1.165, 1.54) is 38.7 Å². The van der Waals surface area contributed by atoms with Gasteiger partial charge in [0.2, 0.25) is 0 Å². The van der Waals surface area contributed by atoms with Gasteiger partial charge in [0.15, 0.2) is 0 Å². The van der Waals surface area contributed by atoms with Crippen LogP contribution in [-0.4, -0.2) is 84.7 Å². The van der Waals surface area contributed by atoms with Gasteiger partial charge in [-0.25, -0.2) is 59.8 Å². The minimum Gasteiger partial charge on any atom is -0.391 e. The van der Waals surface area contributed by atoms with E-state index in [9.17, 15) is 5.11 Å². The SMILES string of the molecule is COCC(O)CC(c1ncnc(Cc2ncncn2)n1)c1ncnc(Cc2ncnc(C)n2)n1. The molecule has 2 unspecified atom stereocenters. The molecule has 4 aromatic rings. The molecule has 0 saturated heterocycles. The molecule has 1 N–H and O–H groups in total. The Morgan fingerprint density at radius 1 is 0.706 bits per heavy atom. The average Bonchev–Trinajstić information content (AvgIpc) is 2.84. The third-order valence-corrected chi connectivity index (χ3v) is 4.69. The van der Waals surface area contributed by atoms with Crippen molar-refractivity contribution in [1.29, 1.82) is 0 Å². The number of aliphatic hydroxyl groups excluding tert-OH is 1. The van der Waals surface area contributed by atoms with E-state index in [4.69, 9.17) is 4.74 Å². The number of aryl methyl sites for hydroxylation is 1. The summed E-state index contributed by atoms with van der Waals surface area (Å²) in [5.74, 6) is 2.89. The fourth-order valence-electron chi connectivity index (χ4n) is 3.20. The third-order valence-electron chi connectivity index (χ3n) is 4.69. The van der Waals surface area contributed by atoms with Crippen LogP contribution in [0.15, 0.2) is 31.6 Å². The Morgan fingerprint density at radius 2 is 1.24 bits per heavy atom. The van der Waals surface area contributed by atoms with Gasteiger partial charge in [0.05, 0.1) is 31.5 Å². The molecule has 4 aromatic heterocycles. The summed E-state index contributed by atoms with van der Waals surface area (Å²) in [7, 11) is 1.52. The van der Waals surface area contributed by atoms with E-state index >= 15 is 0 Å². The first-order valence-electron chi connectivity index (χ1n) is 10.4. The number of hydrogen-bond acceptors (Lipinski definition) is 14. The van der Waals surface area contributed by atoms with Crippen molar-refractivity contribution in [2.45, 2.75) is 38.2 Å². The van der Waals surface area contributed by atoms with Crippen molar-refractivity contribution in [2.75, 3.05) is 13.7 Å². The second-order valence-corrected chi connectivity index (χ2v) is 7.27. The van der Waals surface area contributed by atoms with Gasteiger partial charge in [-0.1, -0.05) is 0 Å². The van der Waals surface area contributed by atoms with Crippen LogP contribution in [0.4, 0.5) is 0 Å². The summed E-state index contributed by atoms with van der Waals surface area (Å²) in [5, 5.41) is 10.5. The summed E-state index contributed by atoms with van der Waals surface area (Å²) < 4.78 is 5.09. The van der Waals surface area contributed by atoms with Crippen molar-refractivity contribution in [3.8, 4) is 0 Å². The highest BCUT2D eigenvalue weighted by atomic mass is 16.5. The Balaban J connectivity index is 1.63. The molecule has 174 valence electrons. The molecule has 4 heterocycles. The molecule has 14 nitrogen and oxygen atoms in total. The highest BCUT2D eigenvalue weighted by Crippen LogP contribution is 2.24. The zero-order valence-corrected chi connectivity index (χ0v) is 18.6. The minimum atomic E-state index is -0.787. The molecule has 0 fully saturated rings. The largest absolute Gasteiger partial charge is 0.391 e. The normalized spacial score (nSPS) is 12.9. The van der Waals surface area contributed by atoms with Crippen LogP contribution >= 0.6 is 0 Å². The average molecular weight is 462 g/mol. The highest BCUT2D eigenvalue weighted by molar-refractivity contribution is 5.14. The van der Waals surface area contributed by atoms with Gasteiger partial charge in [-0.3, -0.25) is 0 Å². The fraction of sp³-hybridized carbons (Fsp3) is 0.400. The van der Waals surface area contributed by atoms with Crippen LogP contribution in [0.2, 0.25) is 0 Å². The summed E-state index contributed by atoms with van der Waals surface area (Å²) in [6.07, 6.45) is 7.13. The molecule has 14 heteroatoms. The quantitative estimate of drug-likeness (QED) is 0.316. The highest BCUT2D eigenvalue weighted by Gasteiger charge is 2.25. The van der Waals surface area contributed by atoms with E-state index in [-0.39, 0.29) is 13.0 Å². The molecular formula is C20H22N12O2. The minimum absolute atomic E-state index is 0.140. The standard InChI is InChI=1S/C20H22N12O2/c1-12-22-9-25-16(30-12)5-18-27-11-29-20(32-18)14(3-13(33)6-34-2)19-28-10-26-17(31-19)4-15-23-7-21-8-24-15/h7-11,13-14,33H,3-6H2,1-2H3. The van der Waals surface area contributed by atoms with Crippen LogP contribution in [0.1, 0.15) is 53.1 Å². The predicted molar refractivity (Wildman–Crippen MR) is 114 cm³/mol. The van der Waals surface area contributed by atoms with Crippen molar-refractivity contribution in [3.05, 3.63) is 72.4 Å². The number of methoxy groups -OCH3 is 1. The molecular weight excluding hydrogens is 440 g/mol. The Hall–Kier alpha value is -4.04. The summed E-state index contributed by atoms with van der Waals surface area (Å²) in [6.45, 7) is 1.92. The number of ether oxygens (including phenoxy) is 1. The van der Waals surface area contributed by atoms with E-state index in [2.05, 4.69) is 59.8 Å². The lowest BCUT2D eigenvalue weighted by atomic mass is 9.99. The summed E-state index contributed by atoms with van der Waals surface area (Å²) in [6, 6.07) is 0. The van der Waals surface area contributed by atoms with Gasteiger partial charge in [0.25, 0.3) is 0 Å². The molecule has 0 aromatic carbocycles. The first kappa shape index (κ1) is 23.1. The number of aromatic nitrogens is 12. The zero-order valence-electron chi connectivity index (χ0n) is 18.6. The molecule has 34 heavy (non-hydrogen) atoms. The van der Waals surface area contributed by atoms with Crippen LogP contribution in [0.25, 0.3) is 0 Å². The van der Waals surface area contributed by atoms with E-state index in [1.807, 2.05) is 0 Å². The van der Waals surface area contributed by atoms with Gasteiger partial charge >= 0.3 is 0 Å². The second kappa shape index (κ2) is 11.2. The van der Waals surface area contributed by atoms with Gasteiger partial charge in [0.1, 0.15) is 72.4 Å². The Bertz CT molecular complexity index is 1210. The lowest BCUT2D eigenvalue weighted by Gasteiger charge is -2.18. The molecule has 0 bridgehead atoms. The fourth-order valence-corrected chi connectivity index (χ4v) is 3.20. The van der Waals surface area contributed by atoms with Crippen molar-refractivity contribution in [3.63, 3.8) is 0 Å². The topological polar surface area (TPSA) is 184 Å². The van der Waals surface area contributed by atoms with Gasteiger partial charge < -0.3 is 9.84 Å². The maximum absolute atomic E-state index is 10.5. The lowest BCUT2D eigenvalue weighted by Crippen LogP contribution is -2.22. The smallest absolute Gasteiger partial charge is 0.143 e. The second-order valence-electron chi connectivity index (χ2n) is 7.27. The van der Waals surface area contributed by atoms with E-state index < -0.39 is 12.0 Å². The molecule has 0 radical (unpaired) electrons. The molecule has 0 spiro atoms. The Labute approximate surface area is 194 Å². The number of aliphatic hydroxyl groups is 1. The monoisotopic (exact) mass is 462 g/mol. The van der Waals surface area contributed by atoms with E-state index in [0.29, 0.717) is 53.6 Å². The van der Waals surface area contributed by atoms with E-state index in [1.54, 1.807) is 6.92 Å². The van der Waals surface area contributed by atoms with Crippen molar-refractivity contribution < 1.29 is 9.84 Å². The van der Waals surface area contributed by atoms with Gasteiger partial charge in [-0.2, -0.15) is 0 Å². The van der Waals surface area contributed by atoms with Gasteiger partial charge in [0, 0.05) is 7.11 Å². The van der Waals surface area contributed by atoms with Crippen LogP contribution < -0.4 is 0 Å². The molecule has 0 aliphatic heterocycles. The summed E-state index contributed by atoms with van der Waals surface area (Å²) in [5.41, 5.74) is 0. The zero-order chi connectivity index (χ0) is 23.8. The predicted octanol–water partition coefficient (Wildman–Crippen LogP) is -0.554. The third kappa shape index (κ3) is 6.26. The Morgan fingerprint density at radius 3 is 1.82 bits per heavy atom. The number of rotatable bonds is 10. The molecule has 0 saturated carbocycles. The van der Waals surface area contributed by atoms with Crippen LogP contribution in [0, 0.1) is 6.92 Å². The van der Waals surface area contributed by atoms with Gasteiger partial charge in [-0.05, 0) is 13.3 Å². The molecule has 0 aliphatic carbocycles. The molecule has 0 aliphatic rings. The molecule has 2 atom stereocenters. The van der Waals surface area contributed by atoms with Crippen molar-refractivity contribution in [1.82, 2.24) is 59.8 Å². The van der Waals surface area contributed by atoms with Crippen LogP contribution in [0.5, 0.6) is 0 Å². The van der Waals surface area contributed by atoms with Crippen LogP contribution in [-0.2, 0) is 17.6 Å². The lowest BCUT2D eigenvalue weighted by molar-refractivity contribution is 0.0557. The van der Waals surface area contributed by atoms with Crippen LogP contribution in [0.3, 0.4) is 0 Å². The number of nitrogens with zero attached hydrogens (tertiary/aromatic N) is 12. The molecule has 0 amide bonds. The maximum atomic E-state index is 10.5. The maximum Gasteiger partial charge on any atom is 0.143 e. The van der Waals surface area contributed by atoms with Crippen molar-refractivity contribution >= 4 is 0 Å². The molecule has 4 rings (SSSR count).